The number of anilines is 1. The van der Waals surface area contributed by atoms with Crippen LogP contribution in [0.4, 0.5) is 5.69 Å². The van der Waals surface area contributed by atoms with Crippen LogP contribution in [0.5, 0.6) is 5.75 Å². The minimum atomic E-state index is -3.99. The van der Waals surface area contributed by atoms with Crippen LogP contribution < -0.4 is 10.1 Å². The number of benzene rings is 1. The van der Waals surface area contributed by atoms with Crippen LogP contribution in [0.2, 0.25) is 0 Å². The molecule has 0 aromatic heterocycles. The maximum absolute atomic E-state index is 12.4. The van der Waals surface area contributed by atoms with Gasteiger partial charge < -0.3 is 15.2 Å². The highest BCUT2D eigenvalue weighted by Gasteiger charge is 2.30. The molecule has 1 amide bonds. The van der Waals surface area contributed by atoms with Gasteiger partial charge in [0, 0.05) is 7.05 Å². The van der Waals surface area contributed by atoms with Gasteiger partial charge >= 0.3 is 5.97 Å². The van der Waals surface area contributed by atoms with Crippen molar-refractivity contribution in [3.05, 3.63) is 18.2 Å². The number of carbonyl (C=O) groups is 2. The Morgan fingerprint density at radius 2 is 2.14 bits per heavy atom. The second kappa shape index (κ2) is 5.34. The Morgan fingerprint density at radius 3 is 2.76 bits per heavy atom. The Labute approximate surface area is 121 Å². The number of hydrogen-bond acceptors (Lipinski definition) is 5. The number of nitrogens with zero attached hydrogens (tertiary/aromatic N) is 1. The Morgan fingerprint density at radius 1 is 1.48 bits per heavy atom. The third kappa shape index (κ3) is 2.83. The van der Waals surface area contributed by atoms with E-state index in [1.54, 1.807) is 0 Å². The van der Waals surface area contributed by atoms with Gasteiger partial charge in [0.1, 0.15) is 11.8 Å². The van der Waals surface area contributed by atoms with Gasteiger partial charge in [0.25, 0.3) is 5.91 Å². The van der Waals surface area contributed by atoms with Gasteiger partial charge in [0.05, 0.1) is 10.6 Å². The van der Waals surface area contributed by atoms with Crippen molar-refractivity contribution in [1.29, 1.82) is 0 Å². The number of carbonyl (C=O) groups excluding carboxylic acids is 1. The summed E-state index contributed by atoms with van der Waals surface area (Å²) in [4.78, 5) is 22.0. The van der Waals surface area contributed by atoms with Crippen molar-refractivity contribution in [2.24, 2.45) is 0 Å². The molecule has 8 nitrogen and oxygen atoms in total. The predicted molar refractivity (Wildman–Crippen MR) is 72.6 cm³/mol. The first-order valence-electron chi connectivity index (χ1n) is 6.01. The predicted octanol–water partition coefficient (Wildman–Crippen LogP) is 0.111. The standard InChI is InChI=1S/C12H14N2O6S/c1-7(12(16)17)14(2)21(18,19)8-3-4-10-9(5-8)13-11(15)6-20-10/h3-5,7H,6H2,1-2H3,(H,13,15)(H,16,17). The molecule has 0 fully saturated rings. The summed E-state index contributed by atoms with van der Waals surface area (Å²) in [6.07, 6.45) is 0. The lowest BCUT2D eigenvalue weighted by Gasteiger charge is -2.23. The Kier molecular flexibility index (Phi) is 3.88. The maximum atomic E-state index is 12.4. The number of carboxylic acids is 1. The molecule has 0 aliphatic carbocycles. The molecule has 1 heterocycles. The fraction of sp³-hybridized carbons (Fsp3) is 0.333. The van der Waals surface area contributed by atoms with E-state index < -0.39 is 22.0 Å². The number of ether oxygens (including phenoxy) is 1. The quantitative estimate of drug-likeness (QED) is 0.815. The fourth-order valence-corrected chi connectivity index (χ4v) is 3.10. The van der Waals surface area contributed by atoms with Crippen molar-refractivity contribution in [3.8, 4) is 5.75 Å². The molecule has 2 rings (SSSR count). The first kappa shape index (κ1) is 15.3. The minimum absolute atomic E-state index is 0.123. The molecule has 21 heavy (non-hydrogen) atoms. The number of rotatable bonds is 4. The molecule has 1 aliphatic heterocycles. The highest BCUT2D eigenvalue weighted by molar-refractivity contribution is 7.89. The van der Waals surface area contributed by atoms with E-state index in [1.165, 1.54) is 32.2 Å². The highest BCUT2D eigenvalue weighted by Crippen LogP contribution is 2.31. The van der Waals surface area contributed by atoms with Crippen molar-refractivity contribution < 1.29 is 27.9 Å². The van der Waals surface area contributed by atoms with Crippen molar-refractivity contribution in [3.63, 3.8) is 0 Å². The summed E-state index contributed by atoms with van der Waals surface area (Å²) >= 11 is 0. The number of sulfonamides is 1. The average Bonchev–Trinajstić information content (AvgIpc) is 2.44. The lowest BCUT2D eigenvalue weighted by Crippen LogP contribution is -2.40. The van der Waals surface area contributed by atoms with E-state index in [-0.39, 0.29) is 23.1 Å². The van der Waals surface area contributed by atoms with E-state index >= 15 is 0 Å². The fourth-order valence-electron chi connectivity index (χ4n) is 1.75. The maximum Gasteiger partial charge on any atom is 0.321 e. The largest absolute Gasteiger partial charge is 0.482 e. The van der Waals surface area contributed by atoms with Crippen LogP contribution in [-0.2, 0) is 19.6 Å². The lowest BCUT2D eigenvalue weighted by atomic mass is 10.2. The molecule has 1 atom stereocenters. The Bertz CT molecular complexity index is 700. The molecular formula is C12H14N2O6S. The molecule has 0 radical (unpaired) electrons. The summed E-state index contributed by atoms with van der Waals surface area (Å²) in [6, 6.07) is 2.75. The molecule has 9 heteroatoms. The summed E-state index contributed by atoms with van der Waals surface area (Å²) in [5.74, 6) is -1.28. The van der Waals surface area contributed by atoms with Crippen molar-refractivity contribution in [2.75, 3.05) is 19.0 Å². The van der Waals surface area contributed by atoms with E-state index in [0.717, 1.165) is 4.31 Å². The second-order valence-corrected chi connectivity index (χ2v) is 6.53. The molecule has 0 spiro atoms. The van der Waals surface area contributed by atoms with Crippen molar-refractivity contribution >= 4 is 27.6 Å². The molecule has 1 aromatic carbocycles. The highest BCUT2D eigenvalue weighted by atomic mass is 32.2. The van der Waals surface area contributed by atoms with Crippen LogP contribution in [0.3, 0.4) is 0 Å². The van der Waals surface area contributed by atoms with Crippen molar-refractivity contribution in [1.82, 2.24) is 4.31 Å². The SMILES string of the molecule is CC(C(=O)O)N(C)S(=O)(=O)c1ccc2c(c1)NC(=O)CO2. The molecule has 2 N–H and O–H groups in total. The number of amides is 1. The van der Waals surface area contributed by atoms with Gasteiger partial charge in [-0.15, -0.1) is 0 Å². The van der Waals surface area contributed by atoms with E-state index in [0.29, 0.717) is 5.75 Å². The van der Waals surface area contributed by atoms with Gasteiger partial charge in [-0.25, -0.2) is 8.42 Å². The van der Waals surface area contributed by atoms with E-state index in [9.17, 15) is 18.0 Å². The monoisotopic (exact) mass is 314 g/mol. The van der Waals surface area contributed by atoms with Crippen molar-refractivity contribution in [2.45, 2.75) is 17.9 Å². The first-order chi connectivity index (χ1) is 9.73. The van der Waals surface area contributed by atoms with Crippen LogP contribution in [0.25, 0.3) is 0 Å². The van der Waals surface area contributed by atoms with Crippen LogP contribution in [0.1, 0.15) is 6.92 Å². The molecular weight excluding hydrogens is 300 g/mol. The van der Waals surface area contributed by atoms with E-state index in [1.807, 2.05) is 0 Å². The number of carboxylic acid groups (broad SMARTS) is 1. The summed E-state index contributed by atoms with van der Waals surface area (Å²) in [5, 5.41) is 11.4. The number of hydrogen-bond donors (Lipinski definition) is 2. The van der Waals surface area contributed by atoms with Gasteiger partial charge in [0.2, 0.25) is 10.0 Å². The Hall–Kier alpha value is -2.13. The number of aliphatic carboxylic acids is 1. The van der Waals surface area contributed by atoms with Crippen LogP contribution in [0, 0.1) is 0 Å². The van der Waals surface area contributed by atoms with Gasteiger partial charge in [-0.1, -0.05) is 0 Å². The zero-order valence-electron chi connectivity index (χ0n) is 11.4. The zero-order valence-corrected chi connectivity index (χ0v) is 12.2. The smallest absolute Gasteiger partial charge is 0.321 e. The molecule has 114 valence electrons. The van der Waals surface area contributed by atoms with Gasteiger partial charge in [-0.2, -0.15) is 4.31 Å². The van der Waals surface area contributed by atoms with Gasteiger partial charge in [-0.05, 0) is 25.1 Å². The van der Waals surface area contributed by atoms with E-state index in [4.69, 9.17) is 9.84 Å². The third-order valence-electron chi connectivity index (χ3n) is 3.16. The molecule has 1 aromatic rings. The zero-order chi connectivity index (χ0) is 15.8. The average molecular weight is 314 g/mol. The molecule has 1 aliphatic rings. The number of fused-ring (bicyclic) bond motifs is 1. The normalized spacial score (nSPS) is 15.9. The molecule has 0 saturated heterocycles. The van der Waals surface area contributed by atoms with Crippen LogP contribution in [-0.4, -0.2) is 49.4 Å². The summed E-state index contributed by atoms with van der Waals surface area (Å²) in [7, 11) is -2.81. The second-order valence-electron chi connectivity index (χ2n) is 4.53. The summed E-state index contributed by atoms with van der Waals surface area (Å²) < 4.78 is 30.6. The first-order valence-corrected chi connectivity index (χ1v) is 7.45. The van der Waals surface area contributed by atoms with Gasteiger partial charge in [0.15, 0.2) is 6.61 Å². The summed E-state index contributed by atoms with van der Waals surface area (Å²) in [5.41, 5.74) is 0.240. The Balaban J connectivity index is 2.39. The van der Waals surface area contributed by atoms with E-state index in [2.05, 4.69) is 5.32 Å². The minimum Gasteiger partial charge on any atom is -0.482 e. The number of nitrogens with one attached hydrogen (secondary N) is 1. The third-order valence-corrected chi connectivity index (χ3v) is 5.09. The molecule has 1 unspecified atom stereocenters. The topological polar surface area (TPSA) is 113 Å². The molecule has 0 bridgehead atoms. The summed E-state index contributed by atoms with van der Waals surface area (Å²) in [6.45, 7) is 1.14. The molecule has 0 saturated carbocycles. The lowest BCUT2D eigenvalue weighted by molar-refractivity contribution is -0.140. The van der Waals surface area contributed by atoms with Gasteiger partial charge in [-0.3, -0.25) is 9.59 Å². The number of likely N-dealkylation sites (N-methyl/N-ethyl adjacent to an activating group) is 1. The van der Waals surface area contributed by atoms with Crippen LogP contribution in [0.15, 0.2) is 23.1 Å². The van der Waals surface area contributed by atoms with Crippen LogP contribution >= 0.6 is 0 Å².